The van der Waals surface area contributed by atoms with Crippen molar-refractivity contribution in [3.05, 3.63) is 34.3 Å². The van der Waals surface area contributed by atoms with Gasteiger partial charge < -0.3 is 11.5 Å². The van der Waals surface area contributed by atoms with Crippen LogP contribution < -0.4 is 11.5 Å². The highest BCUT2D eigenvalue weighted by molar-refractivity contribution is 6.31. The monoisotopic (exact) mass is 211 g/mol. The van der Waals surface area contributed by atoms with Gasteiger partial charge in [-0.1, -0.05) is 11.6 Å². The number of nitrogens with two attached hydrogens (primary N) is 2. The van der Waals surface area contributed by atoms with E-state index in [4.69, 9.17) is 23.1 Å². The van der Waals surface area contributed by atoms with Gasteiger partial charge >= 0.3 is 0 Å². The van der Waals surface area contributed by atoms with Crippen LogP contribution >= 0.6 is 11.6 Å². The summed E-state index contributed by atoms with van der Waals surface area (Å²) in [5, 5.41) is 0.603. The van der Waals surface area contributed by atoms with Crippen molar-refractivity contribution >= 4 is 23.5 Å². The highest BCUT2D eigenvalue weighted by Gasteiger charge is 2.05. The molecule has 0 spiro atoms. The molecule has 4 nitrogen and oxygen atoms in total. The van der Waals surface area contributed by atoms with E-state index >= 15 is 0 Å². The topological polar surface area (TPSA) is 81.5 Å². The number of amides is 1. The number of aliphatic imine (C=N–C) groups is 1. The van der Waals surface area contributed by atoms with Gasteiger partial charge in [0.15, 0.2) is 5.96 Å². The van der Waals surface area contributed by atoms with Crippen LogP contribution in [0.1, 0.15) is 15.9 Å². The van der Waals surface area contributed by atoms with Crippen molar-refractivity contribution in [2.75, 3.05) is 0 Å². The number of benzene rings is 1. The summed E-state index contributed by atoms with van der Waals surface area (Å²) in [6.45, 7) is 1.80. The van der Waals surface area contributed by atoms with E-state index in [9.17, 15) is 4.79 Å². The van der Waals surface area contributed by atoms with Crippen molar-refractivity contribution in [3.63, 3.8) is 0 Å². The molecule has 0 aliphatic carbocycles. The predicted molar refractivity (Wildman–Crippen MR) is 56.3 cm³/mol. The molecule has 0 saturated carbocycles. The Morgan fingerprint density at radius 3 is 2.57 bits per heavy atom. The lowest BCUT2D eigenvalue weighted by Gasteiger charge is -2.00. The summed E-state index contributed by atoms with van der Waals surface area (Å²) < 4.78 is 0. The summed E-state index contributed by atoms with van der Waals surface area (Å²) >= 11 is 5.79. The second-order valence-electron chi connectivity index (χ2n) is 2.81. The Morgan fingerprint density at radius 1 is 1.43 bits per heavy atom. The molecular formula is C9H10ClN3O. The quantitative estimate of drug-likeness (QED) is 0.538. The van der Waals surface area contributed by atoms with Crippen molar-refractivity contribution in [1.82, 2.24) is 0 Å². The lowest BCUT2D eigenvalue weighted by atomic mass is 10.1. The molecule has 5 heteroatoms. The summed E-state index contributed by atoms with van der Waals surface area (Å²) in [5.41, 5.74) is 11.4. The average Bonchev–Trinajstić information content (AvgIpc) is 2.08. The minimum absolute atomic E-state index is 0.248. The molecule has 0 fully saturated rings. The highest BCUT2D eigenvalue weighted by Crippen LogP contribution is 2.16. The number of hydrogen-bond acceptors (Lipinski definition) is 1. The Morgan fingerprint density at radius 2 is 2.07 bits per heavy atom. The third-order valence-electron chi connectivity index (χ3n) is 1.64. The number of guanidine groups is 1. The first-order valence-electron chi connectivity index (χ1n) is 3.91. The molecule has 0 unspecified atom stereocenters. The van der Waals surface area contributed by atoms with Gasteiger partial charge in [-0.25, -0.2) is 0 Å². The zero-order valence-electron chi connectivity index (χ0n) is 7.62. The smallest absolute Gasteiger partial charge is 0.280 e. The molecule has 1 aromatic carbocycles. The first-order chi connectivity index (χ1) is 6.50. The molecule has 1 rings (SSSR count). The zero-order chi connectivity index (χ0) is 10.7. The largest absolute Gasteiger partial charge is 0.370 e. The first-order valence-corrected chi connectivity index (χ1v) is 4.28. The third kappa shape index (κ3) is 2.47. The lowest BCUT2D eigenvalue weighted by Crippen LogP contribution is -2.24. The fourth-order valence-corrected chi connectivity index (χ4v) is 1.08. The minimum Gasteiger partial charge on any atom is -0.370 e. The third-order valence-corrected chi connectivity index (χ3v) is 2.06. The van der Waals surface area contributed by atoms with E-state index in [0.29, 0.717) is 10.6 Å². The van der Waals surface area contributed by atoms with Crippen molar-refractivity contribution in [3.8, 4) is 0 Å². The molecule has 0 saturated heterocycles. The Labute approximate surface area is 86.6 Å². The van der Waals surface area contributed by atoms with Crippen LogP contribution in [0.5, 0.6) is 0 Å². The van der Waals surface area contributed by atoms with Gasteiger partial charge in [0, 0.05) is 10.6 Å². The molecule has 0 heterocycles. The number of rotatable bonds is 1. The standard InChI is InChI=1S/C9H10ClN3O/c1-5-4-6(2-3-7(5)10)8(14)13-9(11)12/h2-4H,1H3,(H4,11,12,13,14). The molecule has 0 atom stereocenters. The van der Waals surface area contributed by atoms with Crippen LogP contribution in [0.4, 0.5) is 0 Å². The molecule has 0 radical (unpaired) electrons. The molecule has 1 amide bonds. The molecule has 0 bridgehead atoms. The van der Waals surface area contributed by atoms with Crippen LogP contribution in [0.15, 0.2) is 23.2 Å². The molecule has 74 valence electrons. The second kappa shape index (κ2) is 4.11. The molecule has 0 aromatic heterocycles. The number of carbonyl (C=O) groups excluding carboxylic acids is 1. The maximum absolute atomic E-state index is 11.3. The molecule has 4 N–H and O–H groups in total. The fraction of sp³-hybridized carbons (Fsp3) is 0.111. The van der Waals surface area contributed by atoms with Crippen molar-refractivity contribution < 1.29 is 4.79 Å². The summed E-state index contributed by atoms with van der Waals surface area (Å²) in [5.74, 6) is -0.715. The van der Waals surface area contributed by atoms with E-state index in [0.717, 1.165) is 5.56 Å². The number of halogens is 1. The van der Waals surface area contributed by atoms with Crippen LogP contribution in [-0.2, 0) is 0 Å². The van der Waals surface area contributed by atoms with E-state index in [2.05, 4.69) is 4.99 Å². The molecule has 0 aliphatic rings. The van der Waals surface area contributed by atoms with Gasteiger partial charge in [-0.15, -0.1) is 0 Å². The van der Waals surface area contributed by atoms with E-state index in [1.54, 1.807) is 25.1 Å². The summed E-state index contributed by atoms with van der Waals surface area (Å²) in [7, 11) is 0. The van der Waals surface area contributed by atoms with Crippen LogP contribution in [0.2, 0.25) is 5.02 Å². The van der Waals surface area contributed by atoms with Crippen molar-refractivity contribution in [2.24, 2.45) is 16.5 Å². The van der Waals surface area contributed by atoms with E-state index in [1.165, 1.54) is 0 Å². The van der Waals surface area contributed by atoms with Gasteiger partial charge in [-0.05, 0) is 30.7 Å². The van der Waals surface area contributed by atoms with Crippen LogP contribution in [-0.4, -0.2) is 11.9 Å². The van der Waals surface area contributed by atoms with Crippen molar-refractivity contribution in [1.29, 1.82) is 0 Å². The average molecular weight is 212 g/mol. The van der Waals surface area contributed by atoms with E-state index in [-0.39, 0.29) is 5.96 Å². The van der Waals surface area contributed by atoms with E-state index < -0.39 is 5.91 Å². The van der Waals surface area contributed by atoms with Gasteiger partial charge in [0.25, 0.3) is 5.91 Å². The number of carbonyl (C=O) groups is 1. The Balaban J connectivity index is 3.03. The molecular weight excluding hydrogens is 202 g/mol. The Kier molecular flexibility index (Phi) is 3.09. The highest BCUT2D eigenvalue weighted by atomic mass is 35.5. The molecule has 14 heavy (non-hydrogen) atoms. The van der Waals surface area contributed by atoms with Crippen LogP contribution in [0.3, 0.4) is 0 Å². The number of nitrogens with zero attached hydrogens (tertiary/aromatic N) is 1. The summed E-state index contributed by atoms with van der Waals surface area (Å²) in [4.78, 5) is 14.7. The van der Waals surface area contributed by atoms with Gasteiger partial charge in [-0.2, -0.15) is 4.99 Å². The van der Waals surface area contributed by atoms with E-state index in [1.807, 2.05) is 0 Å². The number of aryl methyl sites for hydroxylation is 1. The van der Waals surface area contributed by atoms with Crippen LogP contribution in [0.25, 0.3) is 0 Å². The maximum atomic E-state index is 11.3. The molecule has 1 aromatic rings. The molecule has 0 aliphatic heterocycles. The first kappa shape index (κ1) is 10.5. The van der Waals surface area contributed by atoms with Crippen molar-refractivity contribution in [2.45, 2.75) is 6.92 Å². The Bertz CT molecular complexity index is 397. The van der Waals surface area contributed by atoms with Crippen LogP contribution in [0, 0.1) is 6.92 Å². The fourth-order valence-electron chi connectivity index (χ4n) is 0.960. The van der Waals surface area contributed by atoms with Gasteiger partial charge in [0.05, 0.1) is 0 Å². The normalized spacial score (nSPS) is 9.57. The number of hydrogen-bond donors (Lipinski definition) is 2. The predicted octanol–water partition coefficient (Wildman–Crippen LogP) is 1.06. The van der Waals surface area contributed by atoms with Gasteiger partial charge in [0.2, 0.25) is 0 Å². The second-order valence-corrected chi connectivity index (χ2v) is 3.21. The van der Waals surface area contributed by atoms with Gasteiger partial charge in [-0.3, -0.25) is 4.79 Å². The zero-order valence-corrected chi connectivity index (χ0v) is 8.38. The summed E-state index contributed by atoms with van der Waals surface area (Å²) in [6, 6.07) is 4.84. The summed E-state index contributed by atoms with van der Waals surface area (Å²) in [6.07, 6.45) is 0. The Hall–Kier alpha value is -1.55. The maximum Gasteiger partial charge on any atom is 0.280 e. The minimum atomic E-state index is -0.468. The van der Waals surface area contributed by atoms with Gasteiger partial charge in [0.1, 0.15) is 0 Å². The lowest BCUT2D eigenvalue weighted by molar-refractivity contribution is 0.100. The SMILES string of the molecule is Cc1cc(C(=O)N=C(N)N)ccc1Cl.